The summed E-state index contributed by atoms with van der Waals surface area (Å²) >= 11 is 0. The summed E-state index contributed by atoms with van der Waals surface area (Å²) < 4.78 is 1.37. The zero-order chi connectivity index (χ0) is 25.1. The molecular weight excluding hydrogens is 450 g/mol. The van der Waals surface area contributed by atoms with Crippen molar-refractivity contribution in [2.24, 2.45) is 0 Å². The van der Waals surface area contributed by atoms with Gasteiger partial charge in [0.05, 0.1) is 23.6 Å². The number of urea groups is 1. The van der Waals surface area contributed by atoms with E-state index in [4.69, 9.17) is 0 Å². The van der Waals surface area contributed by atoms with Crippen LogP contribution in [0.4, 0.5) is 4.79 Å². The van der Waals surface area contributed by atoms with Gasteiger partial charge in [0.2, 0.25) is 0 Å². The Hall–Kier alpha value is -4.28. The topological polar surface area (TPSA) is 125 Å². The first-order valence-electron chi connectivity index (χ1n) is 11.2. The highest BCUT2D eigenvalue weighted by molar-refractivity contribution is 5.97. The van der Waals surface area contributed by atoms with E-state index in [0.717, 1.165) is 11.1 Å². The first kappa shape index (κ1) is 23.9. The van der Waals surface area contributed by atoms with Gasteiger partial charge in [0.1, 0.15) is 5.69 Å². The van der Waals surface area contributed by atoms with Crippen molar-refractivity contribution in [2.75, 3.05) is 40.3 Å². The number of hydrogen-bond donors (Lipinski definition) is 1. The van der Waals surface area contributed by atoms with Gasteiger partial charge >= 0.3 is 12.0 Å². The minimum Gasteiger partial charge on any atom is -0.478 e. The summed E-state index contributed by atoms with van der Waals surface area (Å²) in [4.78, 5) is 46.4. The molecule has 0 atom stereocenters. The highest BCUT2D eigenvalue weighted by Gasteiger charge is 2.25. The molecule has 3 heterocycles. The molecule has 11 nitrogen and oxygen atoms in total. The van der Waals surface area contributed by atoms with Gasteiger partial charge in [-0.25, -0.2) is 14.3 Å². The lowest BCUT2D eigenvalue weighted by molar-refractivity contribution is 0.0695. The number of carbonyl (C=O) groups excluding carboxylic acids is 2. The maximum absolute atomic E-state index is 13.4. The maximum atomic E-state index is 13.4. The summed E-state index contributed by atoms with van der Waals surface area (Å²) in [7, 11) is 3.44. The fourth-order valence-corrected chi connectivity index (χ4v) is 4.16. The minimum absolute atomic E-state index is 0.0553. The number of aromatic nitrogens is 4. The summed E-state index contributed by atoms with van der Waals surface area (Å²) in [5, 5.41) is 17.8. The number of carbonyl (C=O) groups is 3. The highest BCUT2D eigenvalue weighted by Crippen LogP contribution is 2.26. The quantitative estimate of drug-likeness (QED) is 0.610. The third-order valence-corrected chi connectivity index (χ3v) is 6.05. The third-order valence-electron chi connectivity index (χ3n) is 6.05. The molecule has 1 fully saturated rings. The van der Waals surface area contributed by atoms with Crippen molar-refractivity contribution in [2.45, 2.75) is 13.3 Å². The maximum Gasteiger partial charge on any atom is 0.338 e. The van der Waals surface area contributed by atoms with Crippen molar-refractivity contribution in [3.05, 3.63) is 59.5 Å². The molecule has 182 valence electrons. The van der Waals surface area contributed by atoms with Crippen LogP contribution < -0.4 is 0 Å². The lowest BCUT2D eigenvalue weighted by Crippen LogP contribution is -2.42. The van der Waals surface area contributed by atoms with Crippen LogP contribution in [0.25, 0.3) is 16.9 Å². The van der Waals surface area contributed by atoms with Crippen LogP contribution in [-0.4, -0.2) is 98.0 Å². The molecule has 3 amide bonds. The second kappa shape index (κ2) is 9.92. The van der Waals surface area contributed by atoms with Crippen molar-refractivity contribution in [3.8, 4) is 16.9 Å². The molecule has 4 rings (SSSR count). The number of nitrogens with zero attached hydrogens (tertiary/aromatic N) is 7. The summed E-state index contributed by atoms with van der Waals surface area (Å²) in [6.07, 6.45) is 5.15. The summed E-state index contributed by atoms with van der Waals surface area (Å²) in [6.45, 7) is 3.96. The Morgan fingerprint density at radius 3 is 2.49 bits per heavy atom. The van der Waals surface area contributed by atoms with Crippen molar-refractivity contribution < 1.29 is 19.5 Å². The smallest absolute Gasteiger partial charge is 0.338 e. The average molecular weight is 478 g/mol. The van der Waals surface area contributed by atoms with E-state index in [1.54, 1.807) is 47.1 Å². The molecule has 1 aliphatic rings. The van der Waals surface area contributed by atoms with Gasteiger partial charge in [0.25, 0.3) is 5.91 Å². The number of amides is 3. The summed E-state index contributed by atoms with van der Waals surface area (Å²) in [5.74, 6) is -1.19. The van der Waals surface area contributed by atoms with Crippen LogP contribution >= 0.6 is 0 Å². The summed E-state index contributed by atoms with van der Waals surface area (Å²) in [6, 6.07) is 6.77. The molecule has 0 spiro atoms. The zero-order valence-electron chi connectivity index (χ0n) is 19.9. The van der Waals surface area contributed by atoms with Crippen LogP contribution in [0.15, 0.2) is 42.9 Å². The Labute approximate surface area is 202 Å². The van der Waals surface area contributed by atoms with E-state index in [0.29, 0.717) is 49.5 Å². The Kier molecular flexibility index (Phi) is 6.76. The number of carboxylic acid groups (broad SMARTS) is 1. The standard InChI is InChI=1S/C24H27N7O4/c1-16-17(20-15-31(27-26-20)21-14-25-9-8-19(21)23(33)34)6-4-7-18(16)22(32)29-10-5-11-30(13-12-29)24(35)28(2)3/h4,6-9,14-15H,5,10-13H2,1-3H3,(H,33,34). The monoisotopic (exact) mass is 477 g/mol. The Morgan fingerprint density at radius 1 is 1.00 bits per heavy atom. The Morgan fingerprint density at radius 2 is 1.74 bits per heavy atom. The number of pyridine rings is 1. The second-order valence-electron chi connectivity index (χ2n) is 8.53. The number of benzene rings is 1. The van der Waals surface area contributed by atoms with Crippen LogP contribution in [0.3, 0.4) is 0 Å². The molecular formula is C24H27N7O4. The minimum atomic E-state index is -1.09. The molecule has 1 aromatic carbocycles. The molecule has 11 heteroatoms. The first-order chi connectivity index (χ1) is 16.8. The van der Waals surface area contributed by atoms with Crippen molar-refractivity contribution in [1.82, 2.24) is 34.7 Å². The van der Waals surface area contributed by atoms with Gasteiger partial charge < -0.3 is 19.8 Å². The van der Waals surface area contributed by atoms with Crippen LogP contribution in [0.1, 0.15) is 32.7 Å². The Bertz CT molecular complexity index is 1270. The van der Waals surface area contributed by atoms with Gasteiger partial charge in [-0.1, -0.05) is 17.3 Å². The molecule has 0 saturated carbocycles. The molecule has 1 N–H and O–H groups in total. The third kappa shape index (κ3) is 4.84. The van der Waals surface area contributed by atoms with E-state index in [9.17, 15) is 19.5 Å². The fourth-order valence-electron chi connectivity index (χ4n) is 4.16. The lowest BCUT2D eigenvalue weighted by Gasteiger charge is -2.25. The Balaban J connectivity index is 1.58. The lowest BCUT2D eigenvalue weighted by atomic mass is 9.99. The predicted octanol–water partition coefficient (Wildman–Crippen LogP) is 2.17. The molecule has 0 unspecified atom stereocenters. The molecule has 1 aliphatic heterocycles. The number of carboxylic acids is 1. The van der Waals surface area contributed by atoms with Gasteiger partial charge in [-0.05, 0) is 31.0 Å². The van der Waals surface area contributed by atoms with Crippen molar-refractivity contribution in [1.29, 1.82) is 0 Å². The molecule has 35 heavy (non-hydrogen) atoms. The first-order valence-corrected chi connectivity index (χ1v) is 11.2. The molecule has 0 aliphatic carbocycles. The SMILES string of the molecule is Cc1c(C(=O)N2CCCN(C(=O)N(C)C)CC2)cccc1-c1cn(-c2cnccc2C(=O)O)nn1. The second-order valence-corrected chi connectivity index (χ2v) is 8.53. The van der Waals surface area contributed by atoms with E-state index < -0.39 is 5.97 Å². The van der Waals surface area contributed by atoms with E-state index >= 15 is 0 Å². The molecule has 0 bridgehead atoms. The van der Waals surface area contributed by atoms with Crippen LogP contribution in [0.2, 0.25) is 0 Å². The number of aromatic carboxylic acids is 1. The van der Waals surface area contributed by atoms with Crippen LogP contribution in [0, 0.1) is 6.92 Å². The van der Waals surface area contributed by atoms with E-state index in [1.807, 2.05) is 13.0 Å². The van der Waals surface area contributed by atoms with Gasteiger partial charge in [-0.2, -0.15) is 0 Å². The molecule has 1 saturated heterocycles. The normalized spacial score (nSPS) is 13.9. The fraction of sp³-hybridized carbons (Fsp3) is 0.333. The predicted molar refractivity (Wildman–Crippen MR) is 127 cm³/mol. The average Bonchev–Trinajstić information content (AvgIpc) is 3.20. The summed E-state index contributed by atoms with van der Waals surface area (Å²) in [5.41, 5.74) is 2.89. The van der Waals surface area contributed by atoms with Gasteiger partial charge in [-0.15, -0.1) is 5.10 Å². The van der Waals surface area contributed by atoms with Gasteiger partial charge in [0.15, 0.2) is 0 Å². The van der Waals surface area contributed by atoms with E-state index in [1.165, 1.54) is 23.1 Å². The van der Waals surface area contributed by atoms with E-state index in [-0.39, 0.29) is 17.5 Å². The van der Waals surface area contributed by atoms with Crippen LogP contribution in [-0.2, 0) is 0 Å². The van der Waals surface area contributed by atoms with Crippen molar-refractivity contribution in [3.63, 3.8) is 0 Å². The largest absolute Gasteiger partial charge is 0.478 e. The highest BCUT2D eigenvalue weighted by atomic mass is 16.4. The van der Waals surface area contributed by atoms with E-state index in [2.05, 4.69) is 15.3 Å². The number of hydrogen-bond acceptors (Lipinski definition) is 6. The van der Waals surface area contributed by atoms with Gasteiger partial charge in [-0.3, -0.25) is 9.78 Å². The molecule has 2 aromatic heterocycles. The van der Waals surface area contributed by atoms with Gasteiger partial charge in [0, 0.05) is 57.6 Å². The zero-order valence-corrected chi connectivity index (χ0v) is 19.9. The number of rotatable bonds is 4. The molecule has 3 aromatic rings. The van der Waals surface area contributed by atoms with Crippen LogP contribution in [0.5, 0.6) is 0 Å². The van der Waals surface area contributed by atoms with Crippen molar-refractivity contribution >= 4 is 17.9 Å². The molecule has 0 radical (unpaired) electrons.